The van der Waals surface area contributed by atoms with Crippen LogP contribution in [0.2, 0.25) is 0 Å². The Morgan fingerprint density at radius 3 is 2.39 bits per heavy atom. The van der Waals surface area contributed by atoms with E-state index in [1.165, 1.54) is 0 Å². The molecule has 2 rings (SSSR count). The van der Waals surface area contributed by atoms with Crippen LogP contribution in [0.1, 0.15) is 21.5 Å². The highest BCUT2D eigenvalue weighted by Crippen LogP contribution is 2.17. The molecule has 0 bridgehead atoms. The maximum atomic E-state index is 11.9. The fourth-order valence-electron chi connectivity index (χ4n) is 1.75. The summed E-state index contributed by atoms with van der Waals surface area (Å²) in [6.07, 6.45) is 0. The molecule has 0 aliphatic heterocycles. The summed E-state index contributed by atoms with van der Waals surface area (Å²) < 4.78 is 6.16. The first-order valence-corrected chi connectivity index (χ1v) is 7.80. The Balaban J connectivity index is 1.80. The first-order chi connectivity index (χ1) is 11.0. The highest BCUT2D eigenvalue weighted by molar-refractivity contribution is 9.10. The SMILES string of the molecule is Cc1ccc(OCC(=O)NNC(=O)c2ccc(C)c(Br)c2)cc1. The molecule has 0 saturated carbocycles. The van der Waals surface area contributed by atoms with Gasteiger partial charge in [0, 0.05) is 10.0 Å². The third kappa shape index (κ3) is 5.10. The van der Waals surface area contributed by atoms with Crippen LogP contribution in [-0.2, 0) is 4.79 Å². The van der Waals surface area contributed by atoms with Crippen molar-refractivity contribution >= 4 is 27.7 Å². The van der Waals surface area contributed by atoms with E-state index in [-0.39, 0.29) is 6.61 Å². The van der Waals surface area contributed by atoms with Gasteiger partial charge in [-0.1, -0.05) is 39.7 Å². The number of ether oxygens (including phenoxy) is 1. The minimum atomic E-state index is -0.440. The van der Waals surface area contributed by atoms with Crippen molar-refractivity contribution < 1.29 is 14.3 Å². The van der Waals surface area contributed by atoms with E-state index >= 15 is 0 Å². The quantitative estimate of drug-likeness (QED) is 0.806. The molecule has 0 atom stereocenters. The Morgan fingerprint density at radius 2 is 1.74 bits per heavy atom. The molecule has 0 radical (unpaired) electrons. The van der Waals surface area contributed by atoms with Crippen molar-refractivity contribution in [2.24, 2.45) is 0 Å². The molecule has 2 amide bonds. The molecule has 120 valence electrons. The first kappa shape index (κ1) is 17.0. The molecule has 0 spiro atoms. The summed E-state index contributed by atoms with van der Waals surface area (Å²) in [7, 11) is 0. The van der Waals surface area contributed by atoms with Gasteiger partial charge in [0.25, 0.3) is 11.8 Å². The minimum absolute atomic E-state index is 0.180. The van der Waals surface area contributed by atoms with Crippen LogP contribution in [-0.4, -0.2) is 18.4 Å². The van der Waals surface area contributed by atoms with Crippen molar-refractivity contribution in [2.75, 3.05) is 6.61 Å². The van der Waals surface area contributed by atoms with Crippen LogP contribution in [0.15, 0.2) is 46.9 Å². The Kier molecular flexibility index (Phi) is 5.76. The lowest BCUT2D eigenvalue weighted by Crippen LogP contribution is -2.43. The predicted molar refractivity (Wildman–Crippen MR) is 91.2 cm³/mol. The largest absolute Gasteiger partial charge is 0.484 e. The Labute approximate surface area is 143 Å². The first-order valence-electron chi connectivity index (χ1n) is 7.00. The summed E-state index contributed by atoms with van der Waals surface area (Å²) in [6.45, 7) is 3.71. The second-order valence-electron chi connectivity index (χ2n) is 5.07. The van der Waals surface area contributed by atoms with E-state index < -0.39 is 11.8 Å². The van der Waals surface area contributed by atoms with Gasteiger partial charge in [-0.15, -0.1) is 0 Å². The molecule has 0 saturated heterocycles. The van der Waals surface area contributed by atoms with E-state index in [0.29, 0.717) is 11.3 Å². The number of halogens is 1. The van der Waals surface area contributed by atoms with Crippen molar-refractivity contribution in [3.8, 4) is 5.75 Å². The van der Waals surface area contributed by atoms with Gasteiger partial charge in [-0.25, -0.2) is 0 Å². The van der Waals surface area contributed by atoms with E-state index in [0.717, 1.165) is 15.6 Å². The molecule has 0 aromatic heterocycles. The highest BCUT2D eigenvalue weighted by atomic mass is 79.9. The molecule has 0 heterocycles. The maximum Gasteiger partial charge on any atom is 0.276 e. The standard InChI is InChI=1S/C17H17BrN2O3/c1-11-3-7-14(8-4-11)23-10-16(21)19-20-17(22)13-6-5-12(2)15(18)9-13/h3-9H,10H2,1-2H3,(H,19,21)(H,20,22). The van der Waals surface area contributed by atoms with Crippen molar-refractivity contribution in [2.45, 2.75) is 13.8 Å². The van der Waals surface area contributed by atoms with Crippen LogP contribution >= 0.6 is 15.9 Å². The van der Waals surface area contributed by atoms with E-state index in [2.05, 4.69) is 26.8 Å². The molecule has 0 unspecified atom stereocenters. The van der Waals surface area contributed by atoms with Crippen molar-refractivity contribution in [3.05, 3.63) is 63.6 Å². The van der Waals surface area contributed by atoms with Gasteiger partial charge in [-0.3, -0.25) is 20.4 Å². The molecule has 2 aromatic rings. The Morgan fingerprint density at radius 1 is 1.04 bits per heavy atom. The summed E-state index contributed by atoms with van der Waals surface area (Å²) >= 11 is 3.36. The fraction of sp³-hybridized carbons (Fsp3) is 0.176. The summed E-state index contributed by atoms with van der Waals surface area (Å²) in [5.74, 6) is -0.237. The minimum Gasteiger partial charge on any atom is -0.484 e. The number of rotatable bonds is 4. The molecule has 0 fully saturated rings. The van der Waals surface area contributed by atoms with Gasteiger partial charge in [0.05, 0.1) is 0 Å². The zero-order valence-electron chi connectivity index (χ0n) is 12.9. The van der Waals surface area contributed by atoms with Crippen LogP contribution in [0.5, 0.6) is 5.75 Å². The average Bonchev–Trinajstić information content (AvgIpc) is 2.54. The second kappa shape index (κ2) is 7.78. The number of carbonyl (C=O) groups is 2. The monoisotopic (exact) mass is 376 g/mol. The van der Waals surface area contributed by atoms with Crippen LogP contribution in [0.4, 0.5) is 0 Å². The van der Waals surface area contributed by atoms with Gasteiger partial charge in [0.15, 0.2) is 6.61 Å². The van der Waals surface area contributed by atoms with E-state index in [4.69, 9.17) is 4.74 Å². The van der Waals surface area contributed by atoms with Crippen molar-refractivity contribution in [1.82, 2.24) is 10.9 Å². The van der Waals surface area contributed by atoms with Gasteiger partial charge in [0.2, 0.25) is 0 Å². The smallest absolute Gasteiger partial charge is 0.276 e. The lowest BCUT2D eigenvalue weighted by molar-refractivity contribution is -0.123. The summed E-state index contributed by atoms with van der Waals surface area (Å²) in [5, 5.41) is 0. The highest BCUT2D eigenvalue weighted by Gasteiger charge is 2.09. The molecule has 2 N–H and O–H groups in total. The number of carbonyl (C=O) groups excluding carboxylic acids is 2. The lowest BCUT2D eigenvalue weighted by atomic mass is 10.1. The molecule has 5 nitrogen and oxygen atoms in total. The molecular formula is C17H17BrN2O3. The number of nitrogens with one attached hydrogen (secondary N) is 2. The van der Waals surface area contributed by atoms with Gasteiger partial charge >= 0.3 is 0 Å². The van der Waals surface area contributed by atoms with Gasteiger partial charge in [-0.05, 0) is 43.7 Å². The van der Waals surface area contributed by atoms with Crippen molar-refractivity contribution in [3.63, 3.8) is 0 Å². The van der Waals surface area contributed by atoms with Gasteiger partial charge in [-0.2, -0.15) is 0 Å². The van der Waals surface area contributed by atoms with Crippen LogP contribution < -0.4 is 15.6 Å². The number of hydrazine groups is 1. The van der Waals surface area contributed by atoms with Gasteiger partial charge < -0.3 is 4.74 Å². The number of amides is 2. The zero-order valence-corrected chi connectivity index (χ0v) is 14.4. The third-order valence-electron chi connectivity index (χ3n) is 3.14. The van der Waals surface area contributed by atoms with Crippen LogP contribution in [0.3, 0.4) is 0 Å². The molecule has 0 aliphatic carbocycles. The molecule has 0 aliphatic rings. The summed E-state index contributed by atoms with van der Waals surface area (Å²) in [4.78, 5) is 23.6. The maximum absolute atomic E-state index is 11.9. The third-order valence-corrected chi connectivity index (χ3v) is 3.99. The van der Waals surface area contributed by atoms with Crippen LogP contribution in [0.25, 0.3) is 0 Å². The average molecular weight is 377 g/mol. The number of aryl methyl sites for hydroxylation is 2. The second-order valence-corrected chi connectivity index (χ2v) is 5.92. The Hall–Kier alpha value is -2.34. The molecular weight excluding hydrogens is 360 g/mol. The number of hydrogen-bond acceptors (Lipinski definition) is 3. The lowest BCUT2D eigenvalue weighted by Gasteiger charge is -2.09. The normalized spacial score (nSPS) is 10.0. The topological polar surface area (TPSA) is 67.4 Å². The molecule has 2 aromatic carbocycles. The van der Waals surface area contributed by atoms with E-state index in [1.54, 1.807) is 24.3 Å². The van der Waals surface area contributed by atoms with E-state index in [1.807, 2.05) is 32.0 Å². The zero-order chi connectivity index (χ0) is 16.8. The van der Waals surface area contributed by atoms with Crippen LogP contribution in [0, 0.1) is 13.8 Å². The molecule has 6 heteroatoms. The summed E-state index contributed by atoms with van der Waals surface area (Å²) in [6, 6.07) is 12.6. The predicted octanol–water partition coefficient (Wildman–Crippen LogP) is 2.91. The fourth-order valence-corrected chi connectivity index (χ4v) is 2.13. The van der Waals surface area contributed by atoms with Crippen molar-refractivity contribution in [1.29, 1.82) is 0 Å². The number of benzene rings is 2. The van der Waals surface area contributed by atoms with E-state index in [9.17, 15) is 9.59 Å². The number of hydrogen-bond donors (Lipinski definition) is 2. The Bertz CT molecular complexity index is 714. The molecule has 23 heavy (non-hydrogen) atoms. The van der Waals surface area contributed by atoms with Gasteiger partial charge in [0.1, 0.15) is 5.75 Å². The summed E-state index contributed by atoms with van der Waals surface area (Å²) in [5.41, 5.74) is 7.25.